The average Bonchev–Trinajstić information content (AvgIpc) is 2.25. The maximum atomic E-state index is 12.7. The van der Waals surface area contributed by atoms with Crippen molar-refractivity contribution in [3.63, 3.8) is 0 Å². The molecule has 0 atom stereocenters. The lowest BCUT2D eigenvalue weighted by atomic mass is 9.76. The highest BCUT2D eigenvalue weighted by atomic mass is 19.1. The number of ether oxygens (including phenoxy) is 1. The molecular formula is C12H14FNO2. The Labute approximate surface area is 93.6 Å². The Morgan fingerprint density at radius 1 is 1.38 bits per heavy atom. The third-order valence-corrected chi connectivity index (χ3v) is 3.01. The molecular weight excluding hydrogens is 209 g/mol. The van der Waals surface area contributed by atoms with Crippen LogP contribution in [0.15, 0.2) is 24.3 Å². The van der Waals surface area contributed by atoms with Crippen LogP contribution in [0.5, 0.6) is 0 Å². The number of nitrogens with one attached hydrogen (secondary N) is 1. The van der Waals surface area contributed by atoms with Crippen molar-refractivity contribution >= 4 is 11.7 Å². The molecule has 3 nitrogen and oxygen atoms in total. The van der Waals surface area contributed by atoms with E-state index in [0.717, 1.165) is 24.9 Å². The van der Waals surface area contributed by atoms with Crippen molar-refractivity contribution in [3.05, 3.63) is 30.1 Å². The molecule has 0 unspecified atom stereocenters. The zero-order chi connectivity index (χ0) is 11.6. The first-order valence-corrected chi connectivity index (χ1v) is 5.28. The predicted octanol–water partition coefficient (Wildman–Crippen LogP) is 2.33. The molecule has 0 spiro atoms. The smallest absolute Gasteiger partial charge is 0.331 e. The lowest BCUT2D eigenvalue weighted by Crippen LogP contribution is -2.52. The number of halogens is 1. The molecule has 1 fully saturated rings. The van der Waals surface area contributed by atoms with Gasteiger partial charge in [-0.25, -0.2) is 9.18 Å². The fourth-order valence-corrected chi connectivity index (χ4v) is 1.92. The molecule has 1 N–H and O–H groups in total. The predicted molar refractivity (Wildman–Crippen MR) is 58.6 cm³/mol. The first-order chi connectivity index (χ1) is 7.66. The number of anilines is 1. The quantitative estimate of drug-likeness (QED) is 0.799. The van der Waals surface area contributed by atoms with Gasteiger partial charge in [-0.15, -0.1) is 0 Å². The first kappa shape index (κ1) is 10.9. The number of rotatable bonds is 3. The Morgan fingerprint density at radius 3 is 2.44 bits per heavy atom. The van der Waals surface area contributed by atoms with Crippen molar-refractivity contribution < 1.29 is 13.9 Å². The lowest BCUT2D eigenvalue weighted by molar-refractivity contribution is -0.149. The van der Waals surface area contributed by atoms with Crippen LogP contribution in [0.3, 0.4) is 0 Å². The summed E-state index contributed by atoms with van der Waals surface area (Å²) in [5.41, 5.74) is 0.138. The second-order valence-corrected chi connectivity index (χ2v) is 4.06. The molecule has 2 rings (SSSR count). The molecule has 16 heavy (non-hydrogen) atoms. The summed E-state index contributed by atoms with van der Waals surface area (Å²) in [6.07, 6.45) is 2.53. The summed E-state index contributed by atoms with van der Waals surface area (Å²) < 4.78 is 17.5. The van der Waals surface area contributed by atoms with Crippen LogP contribution in [0.1, 0.15) is 19.3 Å². The number of carbonyl (C=O) groups is 1. The maximum Gasteiger partial charge on any atom is 0.331 e. The minimum Gasteiger partial charge on any atom is -0.467 e. The van der Waals surface area contributed by atoms with Gasteiger partial charge in [0, 0.05) is 5.69 Å². The molecule has 1 saturated carbocycles. The van der Waals surface area contributed by atoms with E-state index in [2.05, 4.69) is 5.32 Å². The molecule has 1 aromatic carbocycles. The number of carbonyl (C=O) groups excluding carboxylic acids is 1. The van der Waals surface area contributed by atoms with Crippen molar-refractivity contribution in [2.75, 3.05) is 12.4 Å². The molecule has 0 amide bonds. The molecule has 1 aliphatic rings. The van der Waals surface area contributed by atoms with E-state index in [4.69, 9.17) is 4.74 Å². The third kappa shape index (κ3) is 1.87. The second kappa shape index (κ2) is 4.12. The van der Waals surface area contributed by atoms with Gasteiger partial charge >= 0.3 is 5.97 Å². The molecule has 1 aromatic rings. The summed E-state index contributed by atoms with van der Waals surface area (Å²) in [6.45, 7) is 0. The highest BCUT2D eigenvalue weighted by Crippen LogP contribution is 2.36. The minimum atomic E-state index is -0.605. The van der Waals surface area contributed by atoms with E-state index in [-0.39, 0.29) is 11.8 Å². The number of esters is 1. The monoisotopic (exact) mass is 223 g/mol. The largest absolute Gasteiger partial charge is 0.467 e. The fraction of sp³-hybridized carbons (Fsp3) is 0.417. The highest BCUT2D eigenvalue weighted by molar-refractivity contribution is 5.85. The van der Waals surface area contributed by atoms with Crippen LogP contribution in [-0.4, -0.2) is 18.6 Å². The van der Waals surface area contributed by atoms with E-state index in [9.17, 15) is 9.18 Å². The molecule has 0 saturated heterocycles. The van der Waals surface area contributed by atoms with Gasteiger partial charge in [-0.3, -0.25) is 0 Å². The van der Waals surface area contributed by atoms with Crippen LogP contribution < -0.4 is 5.32 Å². The Morgan fingerprint density at radius 2 is 2.00 bits per heavy atom. The topological polar surface area (TPSA) is 38.3 Å². The molecule has 0 heterocycles. The SMILES string of the molecule is COC(=O)C1(Nc2ccc(F)cc2)CCC1. The molecule has 0 radical (unpaired) electrons. The summed E-state index contributed by atoms with van der Waals surface area (Å²) in [5.74, 6) is -0.533. The van der Waals surface area contributed by atoms with Gasteiger partial charge in [0.2, 0.25) is 0 Å². The van der Waals surface area contributed by atoms with Gasteiger partial charge in [-0.1, -0.05) is 0 Å². The summed E-state index contributed by atoms with van der Waals surface area (Å²) in [6, 6.07) is 5.98. The molecule has 4 heteroatoms. The van der Waals surface area contributed by atoms with Crippen LogP contribution in [-0.2, 0) is 9.53 Å². The van der Waals surface area contributed by atoms with Gasteiger partial charge < -0.3 is 10.1 Å². The van der Waals surface area contributed by atoms with E-state index < -0.39 is 5.54 Å². The van der Waals surface area contributed by atoms with Crippen molar-refractivity contribution in [1.29, 1.82) is 0 Å². The molecule has 0 aliphatic heterocycles. The minimum absolute atomic E-state index is 0.247. The zero-order valence-electron chi connectivity index (χ0n) is 9.13. The summed E-state index contributed by atoms with van der Waals surface area (Å²) in [5, 5.41) is 3.13. The van der Waals surface area contributed by atoms with Crippen molar-refractivity contribution in [3.8, 4) is 0 Å². The van der Waals surface area contributed by atoms with E-state index in [1.165, 1.54) is 19.2 Å². The second-order valence-electron chi connectivity index (χ2n) is 4.06. The molecule has 0 aromatic heterocycles. The number of methoxy groups -OCH3 is 1. The van der Waals surface area contributed by atoms with Crippen LogP contribution in [0, 0.1) is 5.82 Å². The number of hydrogen-bond acceptors (Lipinski definition) is 3. The van der Waals surface area contributed by atoms with Gasteiger partial charge in [0.25, 0.3) is 0 Å². The number of hydrogen-bond donors (Lipinski definition) is 1. The van der Waals surface area contributed by atoms with Crippen LogP contribution >= 0.6 is 0 Å². The van der Waals surface area contributed by atoms with E-state index in [1.54, 1.807) is 12.1 Å². The lowest BCUT2D eigenvalue weighted by Gasteiger charge is -2.40. The zero-order valence-corrected chi connectivity index (χ0v) is 9.13. The molecule has 86 valence electrons. The highest BCUT2D eigenvalue weighted by Gasteiger charge is 2.45. The normalized spacial score (nSPS) is 17.4. The summed E-state index contributed by atoms with van der Waals surface area (Å²) >= 11 is 0. The van der Waals surface area contributed by atoms with Crippen LogP contribution in [0.4, 0.5) is 10.1 Å². The Kier molecular flexibility index (Phi) is 2.81. The van der Waals surface area contributed by atoms with Gasteiger partial charge in [0.05, 0.1) is 7.11 Å². The molecule has 0 bridgehead atoms. The summed E-state index contributed by atoms with van der Waals surface area (Å²) in [4.78, 5) is 11.6. The van der Waals surface area contributed by atoms with E-state index >= 15 is 0 Å². The van der Waals surface area contributed by atoms with Gasteiger partial charge in [0.1, 0.15) is 11.4 Å². The fourth-order valence-electron chi connectivity index (χ4n) is 1.92. The van der Waals surface area contributed by atoms with Crippen molar-refractivity contribution in [1.82, 2.24) is 0 Å². The van der Waals surface area contributed by atoms with Gasteiger partial charge in [-0.05, 0) is 43.5 Å². The van der Waals surface area contributed by atoms with Crippen molar-refractivity contribution in [2.45, 2.75) is 24.8 Å². The maximum absolute atomic E-state index is 12.7. The Bertz CT molecular complexity index is 385. The summed E-state index contributed by atoms with van der Waals surface area (Å²) in [7, 11) is 1.38. The van der Waals surface area contributed by atoms with Gasteiger partial charge in [-0.2, -0.15) is 0 Å². The van der Waals surface area contributed by atoms with E-state index in [1.807, 2.05) is 0 Å². The average molecular weight is 223 g/mol. The van der Waals surface area contributed by atoms with E-state index in [0.29, 0.717) is 0 Å². The Hall–Kier alpha value is -1.58. The first-order valence-electron chi connectivity index (χ1n) is 5.28. The number of benzene rings is 1. The molecule has 1 aliphatic carbocycles. The van der Waals surface area contributed by atoms with Crippen molar-refractivity contribution in [2.24, 2.45) is 0 Å². The third-order valence-electron chi connectivity index (χ3n) is 3.01. The standard InChI is InChI=1S/C12H14FNO2/c1-16-11(15)12(7-2-8-12)14-10-5-3-9(13)4-6-10/h3-6,14H,2,7-8H2,1H3. The van der Waals surface area contributed by atoms with Gasteiger partial charge in [0.15, 0.2) is 0 Å². The van der Waals surface area contributed by atoms with Crippen LogP contribution in [0.2, 0.25) is 0 Å². The Balaban J connectivity index is 2.13. The van der Waals surface area contributed by atoms with Crippen LogP contribution in [0.25, 0.3) is 0 Å².